The monoisotopic (exact) mass is 317 g/mol. The third-order valence-electron chi connectivity index (χ3n) is 4.41. The van der Waals surface area contributed by atoms with Gasteiger partial charge in [-0.3, -0.25) is 9.20 Å². The van der Waals surface area contributed by atoms with Crippen molar-refractivity contribution in [2.45, 2.75) is 18.9 Å². The van der Waals surface area contributed by atoms with Gasteiger partial charge in [0.2, 0.25) is 0 Å². The highest BCUT2D eigenvalue weighted by atomic mass is 16.2. The molecule has 0 N–H and O–H groups in total. The standard InChI is InChI=1S/C18H15N5O/c19-12-13-6-8-14(9-7-13)18(24)22-11-3-4-15(22)17-21-20-16-5-1-2-10-23(16)17/h1-2,5-10,15H,3-4,11H2/t15-/m0/s1. The molecule has 0 saturated carbocycles. The molecular formula is C18H15N5O. The SMILES string of the molecule is N#Cc1ccc(C(=O)N2CCC[C@H]2c2nnc3ccccn23)cc1. The van der Waals surface area contributed by atoms with Crippen molar-refractivity contribution in [3.05, 3.63) is 65.6 Å². The highest BCUT2D eigenvalue weighted by Gasteiger charge is 2.33. The molecule has 3 heterocycles. The number of hydrogen-bond donors (Lipinski definition) is 0. The maximum absolute atomic E-state index is 12.9. The molecule has 1 saturated heterocycles. The van der Waals surface area contributed by atoms with E-state index in [2.05, 4.69) is 16.3 Å². The average molecular weight is 317 g/mol. The Hall–Kier alpha value is -3.20. The van der Waals surface area contributed by atoms with Gasteiger partial charge < -0.3 is 4.90 Å². The zero-order valence-corrected chi connectivity index (χ0v) is 13.0. The molecule has 24 heavy (non-hydrogen) atoms. The maximum atomic E-state index is 12.9. The van der Waals surface area contributed by atoms with Crippen LogP contribution in [0.25, 0.3) is 5.65 Å². The minimum absolute atomic E-state index is 0.0327. The van der Waals surface area contributed by atoms with Crippen LogP contribution in [-0.2, 0) is 0 Å². The van der Waals surface area contributed by atoms with Crippen molar-refractivity contribution >= 4 is 11.6 Å². The highest BCUT2D eigenvalue weighted by molar-refractivity contribution is 5.94. The smallest absolute Gasteiger partial charge is 0.254 e. The molecule has 1 aromatic carbocycles. The van der Waals surface area contributed by atoms with Gasteiger partial charge in [-0.1, -0.05) is 6.07 Å². The number of rotatable bonds is 2. The summed E-state index contributed by atoms with van der Waals surface area (Å²) in [5.74, 6) is 0.764. The van der Waals surface area contributed by atoms with E-state index in [4.69, 9.17) is 5.26 Å². The van der Waals surface area contributed by atoms with Gasteiger partial charge in [-0.25, -0.2) is 0 Å². The number of nitriles is 1. The Kier molecular flexibility index (Phi) is 3.47. The number of amides is 1. The Morgan fingerprint density at radius 2 is 2.00 bits per heavy atom. The first kappa shape index (κ1) is 14.4. The number of benzene rings is 1. The number of pyridine rings is 1. The molecule has 0 bridgehead atoms. The molecule has 1 amide bonds. The van der Waals surface area contributed by atoms with E-state index in [1.165, 1.54) is 0 Å². The summed E-state index contributed by atoms with van der Waals surface area (Å²) in [5.41, 5.74) is 1.92. The Balaban J connectivity index is 1.67. The molecule has 118 valence electrons. The van der Waals surface area contributed by atoms with Crippen LogP contribution in [0, 0.1) is 11.3 Å². The zero-order valence-electron chi connectivity index (χ0n) is 13.0. The number of hydrogen-bond acceptors (Lipinski definition) is 4. The molecule has 0 spiro atoms. The second kappa shape index (κ2) is 5.78. The lowest BCUT2D eigenvalue weighted by Gasteiger charge is -2.23. The summed E-state index contributed by atoms with van der Waals surface area (Å²) in [6.07, 6.45) is 3.74. The Morgan fingerprint density at radius 1 is 1.17 bits per heavy atom. The first-order valence-corrected chi connectivity index (χ1v) is 7.89. The number of nitrogens with zero attached hydrogens (tertiary/aromatic N) is 5. The van der Waals surface area contributed by atoms with Crippen LogP contribution in [0.3, 0.4) is 0 Å². The molecule has 2 aromatic heterocycles. The largest absolute Gasteiger partial charge is 0.328 e. The van der Waals surface area contributed by atoms with E-state index >= 15 is 0 Å². The number of carbonyl (C=O) groups is 1. The zero-order chi connectivity index (χ0) is 16.5. The summed E-state index contributed by atoms with van der Waals surface area (Å²) >= 11 is 0. The van der Waals surface area contributed by atoms with E-state index in [1.807, 2.05) is 33.7 Å². The number of carbonyl (C=O) groups excluding carboxylic acids is 1. The summed E-state index contributed by atoms with van der Waals surface area (Å²) in [7, 11) is 0. The maximum Gasteiger partial charge on any atom is 0.254 e. The summed E-state index contributed by atoms with van der Waals surface area (Å²) in [6.45, 7) is 0.700. The van der Waals surface area contributed by atoms with Gasteiger partial charge in [0.1, 0.15) is 0 Å². The van der Waals surface area contributed by atoms with Crippen LogP contribution in [0.5, 0.6) is 0 Å². The van der Waals surface area contributed by atoms with Crippen molar-refractivity contribution in [2.24, 2.45) is 0 Å². The molecule has 0 aliphatic carbocycles. The van der Waals surface area contributed by atoms with E-state index < -0.39 is 0 Å². The van der Waals surface area contributed by atoms with Crippen LogP contribution < -0.4 is 0 Å². The second-order valence-corrected chi connectivity index (χ2v) is 5.83. The Bertz CT molecular complexity index is 938. The Morgan fingerprint density at radius 3 is 2.79 bits per heavy atom. The van der Waals surface area contributed by atoms with Gasteiger partial charge in [0.25, 0.3) is 5.91 Å². The van der Waals surface area contributed by atoms with E-state index in [0.29, 0.717) is 17.7 Å². The van der Waals surface area contributed by atoms with E-state index in [-0.39, 0.29) is 11.9 Å². The number of aromatic nitrogens is 3. The third kappa shape index (κ3) is 2.31. The van der Waals surface area contributed by atoms with Gasteiger partial charge >= 0.3 is 0 Å². The number of likely N-dealkylation sites (tertiary alicyclic amines) is 1. The van der Waals surface area contributed by atoms with E-state index in [9.17, 15) is 4.79 Å². The van der Waals surface area contributed by atoms with Crippen molar-refractivity contribution in [3.8, 4) is 6.07 Å². The van der Waals surface area contributed by atoms with Crippen LogP contribution in [0.4, 0.5) is 0 Å². The van der Waals surface area contributed by atoms with E-state index in [1.54, 1.807) is 24.3 Å². The van der Waals surface area contributed by atoms with Crippen molar-refractivity contribution in [3.63, 3.8) is 0 Å². The van der Waals surface area contributed by atoms with Crippen molar-refractivity contribution in [2.75, 3.05) is 6.54 Å². The minimum Gasteiger partial charge on any atom is -0.328 e. The van der Waals surface area contributed by atoms with Crippen LogP contribution in [-0.4, -0.2) is 31.9 Å². The molecule has 6 nitrogen and oxygen atoms in total. The van der Waals surface area contributed by atoms with E-state index in [0.717, 1.165) is 24.3 Å². The molecule has 0 unspecified atom stereocenters. The normalized spacial score (nSPS) is 17.1. The van der Waals surface area contributed by atoms with Crippen LogP contribution in [0.15, 0.2) is 48.7 Å². The van der Waals surface area contributed by atoms with Gasteiger partial charge in [0, 0.05) is 18.3 Å². The molecule has 6 heteroatoms. The molecule has 1 aliphatic heterocycles. The van der Waals surface area contributed by atoms with Crippen molar-refractivity contribution in [1.29, 1.82) is 5.26 Å². The fourth-order valence-electron chi connectivity index (χ4n) is 3.22. The second-order valence-electron chi connectivity index (χ2n) is 5.83. The lowest BCUT2D eigenvalue weighted by molar-refractivity contribution is 0.0729. The molecule has 0 radical (unpaired) electrons. The quantitative estimate of drug-likeness (QED) is 0.728. The molecule has 3 aromatic rings. The summed E-state index contributed by atoms with van der Waals surface area (Å²) < 4.78 is 1.94. The van der Waals surface area contributed by atoms with Gasteiger partial charge in [0.05, 0.1) is 17.7 Å². The van der Waals surface area contributed by atoms with Gasteiger partial charge in [-0.15, -0.1) is 10.2 Å². The lowest BCUT2D eigenvalue weighted by Crippen LogP contribution is -2.31. The van der Waals surface area contributed by atoms with Gasteiger partial charge in [-0.05, 0) is 49.2 Å². The molecule has 1 aliphatic rings. The van der Waals surface area contributed by atoms with Gasteiger partial charge in [-0.2, -0.15) is 5.26 Å². The molecule has 1 atom stereocenters. The molecule has 1 fully saturated rings. The predicted octanol–water partition coefficient (Wildman–Crippen LogP) is 2.58. The van der Waals surface area contributed by atoms with Crippen LogP contribution in [0.1, 0.15) is 40.6 Å². The summed E-state index contributed by atoms with van der Waals surface area (Å²) in [6, 6.07) is 14.5. The van der Waals surface area contributed by atoms with Crippen molar-refractivity contribution in [1.82, 2.24) is 19.5 Å². The number of fused-ring (bicyclic) bond motifs is 1. The predicted molar refractivity (Wildman–Crippen MR) is 87.2 cm³/mol. The summed E-state index contributed by atoms with van der Waals surface area (Å²) in [4.78, 5) is 14.7. The van der Waals surface area contributed by atoms with Crippen LogP contribution in [0.2, 0.25) is 0 Å². The molecular weight excluding hydrogens is 302 g/mol. The van der Waals surface area contributed by atoms with Crippen molar-refractivity contribution < 1.29 is 4.79 Å². The minimum atomic E-state index is -0.0782. The fourth-order valence-corrected chi connectivity index (χ4v) is 3.22. The Labute approximate surface area is 139 Å². The topological polar surface area (TPSA) is 74.3 Å². The van der Waals surface area contributed by atoms with Gasteiger partial charge in [0.15, 0.2) is 11.5 Å². The first-order valence-electron chi connectivity index (χ1n) is 7.89. The third-order valence-corrected chi connectivity index (χ3v) is 4.41. The fraction of sp³-hybridized carbons (Fsp3) is 0.222. The first-order chi connectivity index (χ1) is 11.8. The molecule has 4 rings (SSSR count). The lowest BCUT2D eigenvalue weighted by atomic mass is 10.1. The average Bonchev–Trinajstić information content (AvgIpc) is 3.27. The summed E-state index contributed by atoms with van der Waals surface area (Å²) in [5, 5.41) is 17.4. The highest BCUT2D eigenvalue weighted by Crippen LogP contribution is 2.32. The van der Waals surface area contributed by atoms with Crippen LogP contribution >= 0.6 is 0 Å².